The first-order valence-corrected chi connectivity index (χ1v) is 4.78. The van der Waals surface area contributed by atoms with Gasteiger partial charge in [-0.05, 0) is 12.8 Å². The Morgan fingerprint density at radius 2 is 2.50 bits per heavy atom. The number of hydrogen-bond donors (Lipinski definition) is 0. The van der Waals surface area contributed by atoms with Gasteiger partial charge in [-0.1, -0.05) is 19.1 Å². The summed E-state index contributed by atoms with van der Waals surface area (Å²) < 4.78 is 5.69. The molecule has 12 heavy (non-hydrogen) atoms. The van der Waals surface area contributed by atoms with Crippen molar-refractivity contribution in [1.29, 1.82) is 0 Å². The molecule has 2 nitrogen and oxygen atoms in total. The molecule has 66 valence electrons. The van der Waals surface area contributed by atoms with Crippen molar-refractivity contribution in [2.45, 2.75) is 44.8 Å². The van der Waals surface area contributed by atoms with Crippen molar-refractivity contribution in [3.05, 3.63) is 12.2 Å². The quantitative estimate of drug-likeness (QED) is 0.546. The van der Waals surface area contributed by atoms with Crippen molar-refractivity contribution < 1.29 is 4.74 Å². The molecule has 0 aromatic carbocycles. The second-order valence-electron chi connectivity index (χ2n) is 3.38. The second kappa shape index (κ2) is 3.30. The maximum atomic E-state index is 5.69. The molecular weight excluding hydrogens is 150 g/mol. The largest absolute Gasteiger partial charge is 0.475 e. The molecule has 0 saturated heterocycles. The predicted octanol–water partition coefficient (Wildman–Crippen LogP) is 2.30. The van der Waals surface area contributed by atoms with Gasteiger partial charge in [0.05, 0.1) is 6.04 Å². The van der Waals surface area contributed by atoms with Gasteiger partial charge < -0.3 is 4.74 Å². The van der Waals surface area contributed by atoms with E-state index in [2.05, 4.69) is 24.1 Å². The van der Waals surface area contributed by atoms with Gasteiger partial charge in [0, 0.05) is 12.8 Å². The Balaban J connectivity index is 2.05. The van der Waals surface area contributed by atoms with E-state index < -0.39 is 0 Å². The Kier molecular flexibility index (Phi) is 2.15. The van der Waals surface area contributed by atoms with Gasteiger partial charge in [-0.2, -0.15) is 0 Å². The summed E-state index contributed by atoms with van der Waals surface area (Å²) in [5.41, 5.74) is 0. The topological polar surface area (TPSA) is 21.6 Å². The number of hydrogen-bond acceptors (Lipinski definition) is 2. The van der Waals surface area contributed by atoms with Crippen LogP contribution in [0.2, 0.25) is 0 Å². The summed E-state index contributed by atoms with van der Waals surface area (Å²) in [5.74, 6) is 0.959. The first kappa shape index (κ1) is 7.84. The maximum Gasteiger partial charge on any atom is 0.183 e. The lowest BCUT2D eigenvalue weighted by Gasteiger charge is -2.12. The van der Waals surface area contributed by atoms with Crippen LogP contribution in [0.4, 0.5) is 0 Å². The molecule has 0 N–H and O–H groups in total. The third kappa shape index (κ3) is 1.38. The van der Waals surface area contributed by atoms with Crippen LogP contribution in [0.15, 0.2) is 17.1 Å². The fourth-order valence-corrected chi connectivity index (χ4v) is 1.80. The highest BCUT2D eigenvalue weighted by atomic mass is 16.5. The van der Waals surface area contributed by atoms with E-state index in [1.165, 1.54) is 0 Å². The van der Waals surface area contributed by atoms with Crippen LogP contribution in [0, 0.1) is 0 Å². The monoisotopic (exact) mass is 165 g/mol. The fourth-order valence-electron chi connectivity index (χ4n) is 1.80. The summed E-state index contributed by atoms with van der Waals surface area (Å²) in [5, 5.41) is 0. The Morgan fingerprint density at radius 1 is 1.58 bits per heavy atom. The van der Waals surface area contributed by atoms with Gasteiger partial charge in [0.2, 0.25) is 0 Å². The molecule has 0 fully saturated rings. The molecule has 2 heteroatoms. The second-order valence-corrected chi connectivity index (χ2v) is 3.38. The molecule has 0 spiro atoms. The smallest absolute Gasteiger partial charge is 0.183 e. The van der Waals surface area contributed by atoms with E-state index in [4.69, 9.17) is 4.74 Å². The van der Waals surface area contributed by atoms with E-state index in [1.54, 1.807) is 0 Å². The molecule has 1 heterocycles. The van der Waals surface area contributed by atoms with Crippen molar-refractivity contribution in [3.63, 3.8) is 0 Å². The molecule has 2 aliphatic rings. The summed E-state index contributed by atoms with van der Waals surface area (Å²) >= 11 is 0. The SMILES string of the molecule is CCC1=NC2CCC=CCC2O1. The van der Waals surface area contributed by atoms with E-state index in [-0.39, 0.29) is 0 Å². The van der Waals surface area contributed by atoms with Gasteiger partial charge in [-0.15, -0.1) is 0 Å². The predicted molar refractivity (Wildman–Crippen MR) is 49.4 cm³/mol. The van der Waals surface area contributed by atoms with Crippen LogP contribution < -0.4 is 0 Å². The Bertz CT molecular complexity index is 220. The van der Waals surface area contributed by atoms with Gasteiger partial charge >= 0.3 is 0 Å². The fraction of sp³-hybridized carbons (Fsp3) is 0.700. The van der Waals surface area contributed by atoms with Crippen molar-refractivity contribution >= 4 is 5.90 Å². The zero-order chi connectivity index (χ0) is 8.39. The van der Waals surface area contributed by atoms with Crippen molar-refractivity contribution in [2.24, 2.45) is 4.99 Å². The lowest BCUT2D eigenvalue weighted by atomic mass is 10.1. The number of aliphatic imine (C=N–C) groups is 1. The summed E-state index contributed by atoms with van der Waals surface area (Å²) in [6.45, 7) is 2.10. The molecule has 1 aliphatic heterocycles. The summed E-state index contributed by atoms with van der Waals surface area (Å²) in [4.78, 5) is 4.54. The average Bonchev–Trinajstić information content (AvgIpc) is 2.37. The maximum absolute atomic E-state index is 5.69. The van der Waals surface area contributed by atoms with Crippen LogP contribution in [0.25, 0.3) is 0 Å². The molecule has 2 rings (SSSR count). The van der Waals surface area contributed by atoms with Gasteiger partial charge in [0.25, 0.3) is 0 Å². The van der Waals surface area contributed by atoms with E-state index in [9.17, 15) is 0 Å². The Morgan fingerprint density at radius 3 is 3.33 bits per heavy atom. The van der Waals surface area contributed by atoms with Crippen molar-refractivity contribution in [1.82, 2.24) is 0 Å². The molecule has 0 aromatic heterocycles. The van der Waals surface area contributed by atoms with Crippen molar-refractivity contribution in [2.75, 3.05) is 0 Å². The molecule has 1 aliphatic carbocycles. The molecular formula is C10H15NO. The van der Waals surface area contributed by atoms with Gasteiger partial charge in [0.15, 0.2) is 5.90 Å². The zero-order valence-electron chi connectivity index (χ0n) is 7.49. The minimum absolute atomic E-state index is 0.346. The van der Waals surface area contributed by atoms with E-state index in [0.29, 0.717) is 12.1 Å². The first-order chi connectivity index (χ1) is 5.90. The number of rotatable bonds is 1. The van der Waals surface area contributed by atoms with Crippen LogP contribution in [-0.2, 0) is 4.74 Å². The first-order valence-electron chi connectivity index (χ1n) is 4.78. The molecule has 0 saturated carbocycles. The number of nitrogens with zero attached hydrogens (tertiary/aromatic N) is 1. The standard InChI is InChI=1S/C10H15NO/c1-2-10-11-8-6-4-3-5-7-9(8)12-10/h3,5,8-9H,2,4,6-7H2,1H3. The van der Waals surface area contributed by atoms with Crippen LogP contribution in [-0.4, -0.2) is 18.0 Å². The number of ether oxygens (including phenoxy) is 1. The van der Waals surface area contributed by atoms with Gasteiger partial charge in [-0.3, -0.25) is 0 Å². The molecule has 2 unspecified atom stereocenters. The Labute approximate surface area is 73.3 Å². The van der Waals surface area contributed by atoms with Crippen LogP contribution in [0.5, 0.6) is 0 Å². The molecule has 0 bridgehead atoms. The minimum Gasteiger partial charge on any atom is -0.475 e. The normalized spacial score (nSPS) is 33.6. The van der Waals surface area contributed by atoms with Crippen LogP contribution in [0.3, 0.4) is 0 Å². The van der Waals surface area contributed by atoms with Crippen LogP contribution >= 0.6 is 0 Å². The minimum atomic E-state index is 0.346. The molecule has 0 amide bonds. The van der Waals surface area contributed by atoms with E-state index in [1.807, 2.05) is 0 Å². The zero-order valence-corrected chi connectivity index (χ0v) is 7.49. The summed E-state index contributed by atoms with van der Waals surface area (Å²) in [7, 11) is 0. The summed E-state index contributed by atoms with van der Waals surface area (Å²) in [6, 6.07) is 0.440. The molecule has 0 radical (unpaired) electrons. The lowest BCUT2D eigenvalue weighted by Crippen LogP contribution is -2.20. The van der Waals surface area contributed by atoms with Crippen molar-refractivity contribution in [3.8, 4) is 0 Å². The Hall–Kier alpha value is -0.790. The number of allylic oxidation sites excluding steroid dienone is 1. The van der Waals surface area contributed by atoms with Gasteiger partial charge in [-0.25, -0.2) is 4.99 Å². The highest BCUT2D eigenvalue weighted by molar-refractivity contribution is 5.77. The van der Waals surface area contributed by atoms with E-state index >= 15 is 0 Å². The number of fused-ring (bicyclic) bond motifs is 1. The van der Waals surface area contributed by atoms with Crippen LogP contribution in [0.1, 0.15) is 32.6 Å². The summed E-state index contributed by atoms with van der Waals surface area (Å²) in [6.07, 6.45) is 9.10. The third-order valence-corrected chi connectivity index (χ3v) is 2.49. The average molecular weight is 165 g/mol. The molecule has 0 aromatic rings. The third-order valence-electron chi connectivity index (χ3n) is 2.49. The lowest BCUT2D eigenvalue weighted by molar-refractivity contribution is 0.190. The van der Waals surface area contributed by atoms with Gasteiger partial charge in [0.1, 0.15) is 6.10 Å². The van der Waals surface area contributed by atoms with E-state index in [0.717, 1.165) is 31.6 Å². The highest BCUT2D eigenvalue weighted by Gasteiger charge is 2.29. The highest BCUT2D eigenvalue weighted by Crippen LogP contribution is 2.24. The molecule has 2 atom stereocenters.